The van der Waals surface area contributed by atoms with Crippen LogP contribution >= 0.6 is 11.3 Å². The van der Waals surface area contributed by atoms with Crippen molar-refractivity contribution in [1.29, 1.82) is 0 Å². The number of aromatic nitrogens is 1. The van der Waals surface area contributed by atoms with Crippen molar-refractivity contribution in [1.82, 2.24) is 9.88 Å². The Kier molecular flexibility index (Phi) is 5.18. The molecule has 0 N–H and O–H groups in total. The lowest BCUT2D eigenvalue weighted by atomic mass is 10.1. The maximum atomic E-state index is 13.5. The van der Waals surface area contributed by atoms with Gasteiger partial charge >= 0.3 is 0 Å². The average Bonchev–Trinajstić information content (AvgIpc) is 3.34. The Labute approximate surface area is 161 Å². The molecule has 1 atom stereocenters. The summed E-state index contributed by atoms with van der Waals surface area (Å²) in [4.78, 5) is 20.8. The second-order valence-corrected chi connectivity index (χ2v) is 7.89. The number of halogens is 1. The first kappa shape index (κ1) is 18.1. The highest BCUT2D eigenvalue weighted by Crippen LogP contribution is 2.23. The molecule has 27 heavy (non-hydrogen) atoms. The van der Waals surface area contributed by atoms with Gasteiger partial charge in [-0.3, -0.25) is 9.78 Å². The summed E-state index contributed by atoms with van der Waals surface area (Å²) < 4.78 is 19.2. The number of aryl methyl sites for hydroxylation is 1. The smallest absolute Gasteiger partial charge is 0.256 e. The first-order valence-corrected chi connectivity index (χ1v) is 9.98. The number of hydrogen-bond acceptors (Lipinski definition) is 4. The standard InChI is InChI=1S/C21H21FN2O2S/c1-14-19(10-15-6-7-16(22)11-20(15)23-14)21(25)24(12-17-4-2-8-26-17)13-18-5-3-9-27-18/h3,5-7,9-11,17H,2,4,8,12-13H2,1H3. The molecule has 0 radical (unpaired) electrons. The summed E-state index contributed by atoms with van der Waals surface area (Å²) in [5.74, 6) is -0.388. The van der Waals surface area contributed by atoms with Gasteiger partial charge in [0, 0.05) is 29.5 Å². The van der Waals surface area contributed by atoms with Crippen LogP contribution in [0.1, 0.15) is 33.8 Å². The van der Waals surface area contributed by atoms with E-state index in [1.807, 2.05) is 28.5 Å². The lowest BCUT2D eigenvalue weighted by Crippen LogP contribution is -2.37. The van der Waals surface area contributed by atoms with E-state index in [1.54, 1.807) is 24.3 Å². The molecule has 1 aromatic carbocycles. The number of thiophene rings is 1. The number of ether oxygens (including phenoxy) is 1. The summed E-state index contributed by atoms with van der Waals surface area (Å²) in [7, 11) is 0. The highest BCUT2D eigenvalue weighted by Gasteiger charge is 2.25. The van der Waals surface area contributed by atoms with Crippen molar-refractivity contribution in [3.8, 4) is 0 Å². The summed E-state index contributed by atoms with van der Waals surface area (Å²) in [6.07, 6.45) is 2.09. The van der Waals surface area contributed by atoms with Crippen LogP contribution in [0.15, 0.2) is 41.8 Å². The Balaban J connectivity index is 1.66. The summed E-state index contributed by atoms with van der Waals surface area (Å²) in [5.41, 5.74) is 1.73. The summed E-state index contributed by atoms with van der Waals surface area (Å²) in [6.45, 7) is 3.68. The molecule has 0 bridgehead atoms. The van der Waals surface area contributed by atoms with Crippen molar-refractivity contribution >= 4 is 28.1 Å². The van der Waals surface area contributed by atoms with Crippen LogP contribution in [0.25, 0.3) is 10.9 Å². The zero-order chi connectivity index (χ0) is 18.8. The molecule has 0 aliphatic carbocycles. The number of amides is 1. The van der Waals surface area contributed by atoms with Crippen molar-refractivity contribution in [2.24, 2.45) is 0 Å². The van der Waals surface area contributed by atoms with Gasteiger partial charge in [-0.2, -0.15) is 0 Å². The van der Waals surface area contributed by atoms with E-state index in [4.69, 9.17) is 4.74 Å². The van der Waals surface area contributed by atoms with E-state index in [0.717, 1.165) is 29.7 Å². The third-order valence-electron chi connectivity index (χ3n) is 4.86. The predicted octanol–water partition coefficient (Wildman–Crippen LogP) is 4.57. The zero-order valence-electron chi connectivity index (χ0n) is 15.2. The molecule has 1 unspecified atom stereocenters. The third-order valence-corrected chi connectivity index (χ3v) is 5.72. The van der Waals surface area contributed by atoms with E-state index in [1.165, 1.54) is 12.1 Å². The van der Waals surface area contributed by atoms with E-state index in [-0.39, 0.29) is 17.8 Å². The highest BCUT2D eigenvalue weighted by molar-refractivity contribution is 7.09. The van der Waals surface area contributed by atoms with Gasteiger partial charge in [0.2, 0.25) is 0 Å². The monoisotopic (exact) mass is 384 g/mol. The minimum absolute atomic E-state index is 0.0601. The molecule has 0 spiro atoms. The van der Waals surface area contributed by atoms with Crippen molar-refractivity contribution in [3.05, 3.63) is 63.7 Å². The fourth-order valence-corrected chi connectivity index (χ4v) is 4.19. The van der Waals surface area contributed by atoms with Crippen LogP contribution in [0.3, 0.4) is 0 Å². The molecule has 1 amide bonds. The van der Waals surface area contributed by atoms with Crippen LogP contribution in [0.4, 0.5) is 4.39 Å². The van der Waals surface area contributed by atoms with E-state index >= 15 is 0 Å². The second kappa shape index (κ2) is 7.74. The molecule has 1 fully saturated rings. The number of benzene rings is 1. The molecule has 1 aliphatic rings. The number of pyridine rings is 1. The summed E-state index contributed by atoms with van der Waals surface area (Å²) >= 11 is 1.64. The highest BCUT2D eigenvalue weighted by atomic mass is 32.1. The van der Waals surface area contributed by atoms with E-state index in [0.29, 0.717) is 29.9 Å². The predicted molar refractivity (Wildman–Crippen MR) is 104 cm³/mol. The molecular weight excluding hydrogens is 363 g/mol. The van der Waals surface area contributed by atoms with Gasteiger partial charge in [-0.25, -0.2) is 4.39 Å². The van der Waals surface area contributed by atoms with Crippen molar-refractivity contribution in [3.63, 3.8) is 0 Å². The maximum Gasteiger partial charge on any atom is 0.256 e. The van der Waals surface area contributed by atoms with Crippen LogP contribution in [-0.2, 0) is 11.3 Å². The summed E-state index contributed by atoms with van der Waals surface area (Å²) in [5, 5.41) is 2.78. The molecule has 140 valence electrons. The maximum absolute atomic E-state index is 13.5. The first-order valence-electron chi connectivity index (χ1n) is 9.10. The molecular formula is C21H21FN2O2S. The largest absolute Gasteiger partial charge is 0.376 e. The van der Waals surface area contributed by atoms with E-state index in [9.17, 15) is 9.18 Å². The Morgan fingerprint density at radius 3 is 3.00 bits per heavy atom. The van der Waals surface area contributed by atoms with Gasteiger partial charge in [-0.05, 0) is 49.4 Å². The SMILES string of the molecule is Cc1nc2cc(F)ccc2cc1C(=O)N(Cc1cccs1)CC1CCCO1. The molecule has 1 aliphatic heterocycles. The minimum atomic E-state index is -0.328. The van der Waals surface area contributed by atoms with E-state index < -0.39 is 0 Å². The van der Waals surface area contributed by atoms with Gasteiger partial charge < -0.3 is 9.64 Å². The number of fused-ring (bicyclic) bond motifs is 1. The Hall–Kier alpha value is -2.31. The van der Waals surface area contributed by atoms with E-state index in [2.05, 4.69) is 4.98 Å². The molecule has 1 saturated heterocycles. The van der Waals surface area contributed by atoms with Crippen LogP contribution in [0, 0.1) is 12.7 Å². The molecule has 3 heterocycles. The van der Waals surface area contributed by atoms with Gasteiger partial charge in [0.25, 0.3) is 5.91 Å². The lowest BCUT2D eigenvalue weighted by Gasteiger charge is -2.25. The second-order valence-electron chi connectivity index (χ2n) is 6.86. The Morgan fingerprint density at radius 1 is 1.37 bits per heavy atom. The topological polar surface area (TPSA) is 42.4 Å². The van der Waals surface area contributed by atoms with Gasteiger partial charge in [0.05, 0.1) is 29.4 Å². The molecule has 3 aromatic rings. The Morgan fingerprint density at radius 2 is 2.26 bits per heavy atom. The van der Waals surface area contributed by atoms with Crippen LogP contribution in [0.2, 0.25) is 0 Å². The van der Waals surface area contributed by atoms with Gasteiger partial charge in [0.15, 0.2) is 0 Å². The number of rotatable bonds is 5. The van der Waals surface area contributed by atoms with Crippen molar-refractivity contribution in [2.75, 3.05) is 13.2 Å². The number of carbonyl (C=O) groups excluding carboxylic acids is 1. The number of hydrogen-bond donors (Lipinski definition) is 0. The lowest BCUT2D eigenvalue weighted by molar-refractivity contribution is 0.0509. The fourth-order valence-electron chi connectivity index (χ4n) is 3.47. The minimum Gasteiger partial charge on any atom is -0.376 e. The summed E-state index contributed by atoms with van der Waals surface area (Å²) in [6, 6.07) is 10.3. The zero-order valence-corrected chi connectivity index (χ0v) is 16.0. The normalized spacial score (nSPS) is 16.7. The third kappa shape index (κ3) is 4.01. The molecule has 6 heteroatoms. The Bertz CT molecular complexity index is 952. The van der Waals surface area contributed by atoms with Crippen LogP contribution in [-0.4, -0.2) is 35.0 Å². The number of nitrogens with zero attached hydrogens (tertiary/aromatic N) is 2. The quantitative estimate of drug-likeness (QED) is 0.647. The van der Waals surface area contributed by atoms with Crippen LogP contribution in [0.5, 0.6) is 0 Å². The fraction of sp³-hybridized carbons (Fsp3) is 0.333. The number of carbonyl (C=O) groups is 1. The first-order chi connectivity index (χ1) is 13.1. The molecule has 4 rings (SSSR count). The average molecular weight is 384 g/mol. The van der Waals surface area contributed by atoms with Gasteiger partial charge in [-0.15, -0.1) is 11.3 Å². The van der Waals surface area contributed by atoms with Crippen LogP contribution < -0.4 is 0 Å². The molecule has 4 nitrogen and oxygen atoms in total. The molecule has 2 aromatic heterocycles. The molecule has 0 saturated carbocycles. The van der Waals surface area contributed by atoms with Crippen molar-refractivity contribution < 1.29 is 13.9 Å². The van der Waals surface area contributed by atoms with Gasteiger partial charge in [-0.1, -0.05) is 6.07 Å². The van der Waals surface area contributed by atoms with Gasteiger partial charge in [0.1, 0.15) is 5.82 Å². The van der Waals surface area contributed by atoms with Crippen molar-refractivity contribution in [2.45, 2.75) is 32.4 Å².